The molecule has 1 aliphatic heterocycles. The lowest BCUT2D eigenvalue weighted by Gasteiger charge is -2.18. The van der Waals surface area contributed by atoms with E-state index in [1.54, 1.807) is 18.2 Å². The number of Topliss-reactive ketones (excluding diaryl/α,β-unsaturated/α-hetero) is 1. The number of hydrogen-bond donors (Lipinski definition) is 0. The third-order valence-electron chi connectivity index (χ3n) is 2.65. The van der Waals surface area contributed by atoms with Crippen LogP contribution >= 0.6 is 0 Å². The van der Waals surface area contributed by atoms with Crippen LogP contribution in [0.25, 0.3) is 0 Å². The van der Waals surface area contributed by atoms with Gasteiger partial charge in [0.15, 0.2) is 17.3 Å². The van der Waals surface area contributed by atoms with Crippen molar-refractivity contribution in [3.8, 4) is 11.5 Å². The number of halogens is 1. The quantitative estimate of drug-likeness (QED) is 0.631. The SMILES string of the molecule is CN(C)CCC(=O)c1ccc2c(c1)OCCO2.[Cl-]. The highest BCUT2D eigenvalue weighted by molar-refractivity contribution is 5.96. The van der Waals surface area contributed by atoms with Crippen LogP contribution in [0.4, 0.5) is 0 Å². The van der Waals surface area contributed by atoms with Crippen LogP contribution in [0.1, 0.15) is 16.8 Å². The summed E-state index contributed by atoms with van der Waals surface area (Å²) < 4.78 is 10.9. The van der Waals surface area contributed by atoms with Crippen LogP contribution in [0.5, 0.6) is 11.5 Å². The lowest BCUT2D eigenvalue weighted by Crippen LogP contribution is -3.00. The molecule has 1 aromatic carbocycles. The van der Waals surface area contributed by atoms with Gasteiger partial charge in [0.25, 0.3) is 0 Å². The summed E-state index contributed by atoms with van der Waals surface area (Å²) in [4.78, 5) is 13.9. The number of ketones is 1. The molecule has 0 radical (unpaired) electrons. The third-order valence-corrected chi connectivity index (χ3v) is 2.65. The van der Waals surface area contributed by atoms with E-state index in [4.69, 9.17) is 9.47 Å². The second kappa shape index (κ2) is 6.61. The molecule has 0 fully saturated rings. The number of carbonyl (C=O) groups excluding carboxylic acids is 1. The predicted molar refractivity (Wildman–Crippen MR) is 64.9 cm³/mol. The summed E-state index contributed by atoms with van der Waals surface area (Å²) in [5.74, 6) is 1.53. The second-order valence-corrected chi connectivity index (χ2v) is 4.33. The number of nitrogens with zero attached hydrogens (tertiary/aromatic N) is 1. The molecule has 1 aromatic rings. The summed E-state index contributed by atoms with van der Waals surface area (Å²) in [6, 6.07) is 5.37. The minimum absolute atomic E-state index is 0. The van der Waals surface area contributed by atoms with Gasteiger partial charge in [0.1, 0.15) is 13.2 Å². The molecule has 5 heteroatoms. The molecule has 0 N–H and O–H groups in total. The van der Waals surface area contributed by atoms with Crippen LogP contribution in [-0.4, -0.2) is 44.5 Å². The molecule has 4 nitrogen and oxygen atoms in total. The fraction of sp³-hybridized carbons (Fsp3) is 0.462. The highest BCUT2D eigenvalue weighted by Gasteiger charge is 2.14. The van der Waals surface area contributed by atoms with Crippen molar-refractivity contribution >= 4 is 5.78 Å². The van der Waals surface area contributed by atoms with Crippen molar-refractivity contribution in [2.75, 3.05) is 33.9 Å². The van der Waals surface area contributed by atoms with Gasteiger partial charge in [-0.15, -0.1) is 0 Å². The van der Waals surface area contributed by atoms with Gasteiger partial charge in [-0.2, -0.15) is 0 Å². The Morgan fingerprint density at radius 2 is 1.89 bits per heavy atom. The zero-order chi connectivity index (χ0) is 12.3. The molecule has 0 bridgehead atoms. The Labute approximate surface area is 113 Å². The first-order valence-electron chi connectivity index (χ1n) is 5.74. The molecule has 0 aromatic heterocycles. The monoisotopic (exact) mass is 270 g/mol. The first-order valence-corrected chi connectivity index (χ1v) is 5.74. The number of carbonyl (C=O) groups is 1. The molecule has 2 rings (SSSR count). The Balaban J connectivity index is 0.00000162. The normalized spacial score (nSPS) is 13.1. The zero-order valence-electron chi connectivity index (χ0n) is 10.6. The summed E-state index contributed by atoms with van der Waals surface area (Å²) in [5, 5.41) is 0. The standard InChI is InChI=1S/C13H17NO3.ClH/c1-14(2)6-5-11(15)10-3-4-12-13(9-10)17-8-7-16-12;/h3-4,9H,5-8H2,1-2H3;1H/p-1. The molecular formula is C13H17ClNO3-. The Morgan fingerprint density at radius 1 is 1.22 bits per heavy atom. The Hall–Kier alpha value is -1.26. The topological polar surface area (TPSA) is 38.8 Å². The second-order valence-electron chi connectivity index (χ2n) is 4.33. The minimum Gasteiger partial charge on any atom is -1.00 e. The molecule has 0 aliphatic carbocycles. The molecule has 18 heavy (non-hydrogen) atoms. The Morgan fingerprint density at radius 3 is 2.56 bits per heavy atom. The van der Waals surface area contributed by atoms with E-state index >= 15 is 0 Å². The first-order chi connectivity index (χ1) is 8.16. The molecule has 0 spiro atoms. The van der Waals surface area contributed by atoms with E-state index in [9.17, 15) is 4.79 Å². The van der Waals surface area contributed by atoms with Crippen molar-refractivity contribution in [1.29, 1.82) is 0 Å². The molecular weight excluding hydrogens is 254 g/mol. The largest absolute Gasteiger partial charge is 1.00 e. The van der Waals surface area contributed by atoms with Crippen LogP contribution in [0.15, 0.2) is 18.2 Å². The van der Waals surface area contributed by atoms with E-state index in [0.717, 1.165) is 12.3 Å². The minimum atomic E-state index is 0. The smallest absolute Gasteiger partial charge is 0.164 e. The van der Waals surface area contributed by atoms with Crippen molar-refractivity contribution < 1.29 is 26.7 Å². The maximum Gasteiger partial charge on any atom is 0.164 e. The van der Waals surface area contributed by atoms with E-state index in [-0.39, 0.29) is 18.2 Å². The van der Waals surface area contributed by atoms with E-state index in [1.165, 1.54) is 0 Å². The maximum absolute atomic E-state index is 11.9. The first kappa shape index (κ1) is 14.8. The van der Waals surface area contributed by atoms with Gasteiger partial charge in [0.05, 0.1) is 0 Å². The fourth-order valence-corrected chi connectivity index (χ4v) is 1.69. The van der Waals surface area contributed by atoms with Crippen molar-refractivity contribution in [3.63, 3.8) is 0 Å². The molecule has 0 atom stereocenters. The van der Waals surface area contributed by atoms with Gasteiger partial charge in [0, 0.05) is 18.5 Å². The van der Waals surface area contributed by atoms with Crippen LogP contribution in [-0.2, 0) is 0 Å². The molecule has 0 saturated heterocycles. The van der Waals surface area contributed by atoms with Gasteiger partial charge >= 0.3 is 0 Å². The summed E-state index contributed by atoms with van der Waals surface area (Å²) in [6.45, 7) is 1.87. The molecule has 1 heterocycles. The molecule has 0 amide bonds. The average molecular weight is 271 g/mol. The van der Waals surface area contributed by atoms with Gasteiger partial charge in [-0.25, -0.2) is 0 Å². The van der Waals surface area contributed by atoms with Crippen molar-refractivity contribution in [3.05, 3.63) is 23.8 Å². The lowest BCUT2D eigenvalue weighted by atomic mass is 10.1. The van der Waals surface area contributed by atoms with E-state index in [0.29, 0.717) is 30.9 Å². The zero-order valence-corrected chi connectivity index (χ0v) is 11.4. The number of fused-ring (bicyclic) bond motifs is 1. The predicted octanol–water partition coefficient (Wildman–Crippen LogP) is -1.40. The maximum atomic E-state index is 11.9. The summed E-state index contributed by atoms with van der Waals surface area (Å²) in [6.07, 6.45) is 0.520. The third kappa shape index (κ3) is 3.62. The van der Waals surface area contributed by atoms with Crippen LogP contribution < -0.4 is 21.9 Å². The van der Waals surface area contributed by atoms with Gasteiger partial charge in [-0.3, -0.25) is 4.79 Å². The Bertz CT molecular complexity index is 421. The van der Waals surface area contributed by atoms with Crippen LogP contribution in [0, 0.1) is 0 Å². The molecule has 1 aliphatic rings. The molecule has 100 valence electrons. The molecule has 0 unspecified atom stereocenters. The lowest BCUT2D eigenvalue weighted by molar-refractivity contribution is -0.0000120. The van der Waals surface area contributed by atoms with Gasteiger partial charge in [0.2, 0.25) is 0 Å². The van der Waals surface area contributed by atoms with Crippen molar-refractivity contribution in [2.45, 2.75) is 6.42 Å². The fourth-order valence-electron chi connectivity index (χ4n) is 1.69. The highest BCUT2D eigenvalue weighted by atomic mass is 35.5. The number of ether oxygens (including phenoxy) is 2. The summed E-state index contributed by atoms with van der Waals surface area (Å²) in [7, 11) is 3.91. The van der Waals surface area contributed by atoms with Crippen LogP contribution in [0.3, 0.4) is 0 Å². The average Bonchev–Trinajstić information content (AvgIpc) is 2.35. The summed E-state index contributed by atoms with van der Waals surface area (Å²) in [5.41, 5.74) is 0.691. The summed E-state index contributed by atoms with van der Waals surface area (Å²) >= 11 is 0. The van der Waals surface area contributed by atoms with E-state index < -0.39 is 0 Å². The number of benzene rings is 1. The highest BCUT2D eigenvalue weighted by Crippen LogP contribution is 2.31. The van der Waals surface area contributed by atoms with E-state index in [1.807, 2.05) is 19.0 Å². The van der Waals surface area contributed by atoms with Gasteiger partial charge < -0.3 is 26.8 Å². The van der Waals surface area contributed by atoms with Crippen molar-refractivity contribution in [1.82, 2.24) is 4.90 Å². The van der Waals surface area contributed by atoms with Crippen molar-refractivity contribution in [2.24, 2.45) is 0 Å². The Kier molecular flexibility index (Phi) is 5.44. The molecule has 0 saturated carbocycles. The van der Waals surface area contributed by atoms with Gasteiger partial charge in [-0.1, -0.05) is 0 Å². The van der Waals surface area contributed by atoms with Crippen LogP contribution in [0.2, 0.25) is 0 Å². The van der Waals surface area contributed by atoms with Gasteiger partial charge in [-0.05, 0) is 32.3 Å². The number of rotatable bonds is 4. The number of hydrogen-bond acceptors (Lipinski definition) is 4. The van der Waals surface area contributed by atoms with E-state index in [2.05, 4.69) is 0 Å².